The number of imide groups is 1. The summed E-state index contributed by atoms with van der Waals surface area (Å²) >= 11 is 0. The molecule has 144 valence electrons. The van der Waals surface area contributed by atoms with Crippen molar-refractivity contribution < 1.29 is 23.9 Å². The van der Waals surface area contributed by atoms with Gasteiger partial charge in [-0.1, -0.05) is 43.2 Å². The van der Waals surface area contributed by atoms with Gasteiger partial charge in [0.1, 0.15) is 12.1 Å². The first-order valence-electron chi connectivity index (χ1n) is 8.94. The van der Waals surface area contributed by atoms with Gasteiger partial charge in [0.05, 0.1) is 0 Å². The fraction of sp³-hybridized carbons (Fsp3) is 0.474. The highest BCUT2D eigenvalue weighted by atomic mass is 16.5. The molecular weight excluding hydrogens is 350 g/mol. The van der Waals surface area contributed by atoms with Crippen LogP contribution in [-0.4, -0.2) is 59.8 Å². The lowest BCUT2D eigenvalue weighted by Crippen LogP contribution is -2.44. The van der Waals surface area contributed by atoms with Crippen LogP contribution in [0.15, 0.2) is 30.3 Å². The minimum Gasteiger partial charge on any atom is -0.446 e. The average molecular weight is 373 g/mol. The predicted molar refractivity (Wildman–Crippen MR) is 95.4 cm³/mol. The molecule has 1 N–H and O–H groups in total. The summed E-state index contributed by atoms with van der Waals surface area (Å²) in [5.41, 5.74) is -0.357. The zero-order valence-electron chi connectivity index (χ0n) is 15.4. The minimum atomic E-state index is -1.13. The normalized spacial score (nSPS) is 19.1. The standard InChI is InChI=1S/C19H23N3O5/c1-21(2)16(24)15(13-8-4-3-5-9-13)27-14(23)12-22-17(25)19(20-18(22)26)10-6-7-11-19/h3-5,8-9,15H,6-7,10-12H2,1-2H3,(H,20,26)/t15-/m1/s1. The molecule has 0 unspecified atom stereocenters. The lowest BCUT2D eigenvalue weighted by Gasteiger charge is -2.23. The van der Waals surface area contributed by atoms with Crippen molar-refractivity contribution in [1.82, 2.24) is 15.1 Å². The third-order valence-corrected chi connectivity index (χ3v) is 5.01. The summed E-state index contributed by atoms with van der Waals surface area (Å²) in [5.74, 6) is -1.60. The molecule has 8 nitrogen and oxygen atoms in total. The van der Waals surface area contributed by atoms with Crippen molar-refractivity contribution in [3.8, 4) is 0 Å². The van der Waals surface area contributed by atoms with Crippen molar-refractivity contribution in [1.29, 1.82) is 0 Å². The van der Waals surface area contributed by atoms with Crippen LogP contribution in [0, 0.1) is 0 Å². The average Bonchev–Trinajstić information content (AvgIpc) is 3.21. The summed E-state index contributed by atoms with van der Waals surface area (Å²) in [6, 6.07) is 8.03. The zero-order chi connectivity index (χ0) is 19.6. The van der Waals surface area contributed by atoms with Crippen molar-refractivity contribution in [2.75, 3.05) is 20.6 Å². The number of ether oxygens (including phenoxy) is 1. The highest BCUT2D eigenvalue weighted by molar-refractivity contribution is 6.08. The number of urea groups is 1. The molecule has 2 aliphatic rings. The van der Waals surface area contributed by atoms with Crippen LogP contribution in [-0.2, 0) is 19.1 Å². The van der Waals surface area contributed by atoms with Crippen molar-refractivity contribution in [3.63, 3.8) is 0 Å². The Balaban J connectivity index is 1.72. The molecule has 2 fully saturated rings. The van der Waals surface area contributed by atoms with Crippen molar-refractivity contribution >= 4 is 23.8 Å². The number of carbonyl (C=O) groups is 4. The topological polar surface area (TPSA) is 96.0 Å². The fourth-order valence-electron chi connectivity index (χ4n) is 3.56. The van der Waals surface area contributed by atoms with Gasteiger partial charge in [-0.05, 0) is 12.8 Å². The first-order valence-corrected chi connectivity index (χ1v) is 8.94. The molecule has 3 rings (SSSR count). The highest BCUT2D eigenvalue weighted by Crippen LogP contribution is 2.35. The first-order chi connectivity index (χ1) is 12.8. The zero-order valence-corrected chi connectivity index (χ0v) is 15.4. The molecule has 1 heterocycles. The SMILES string of the molecule is CN(C)C(=O)[C@H](OC(=O)CN1C(=O)NC2(CCCC2)C1=O)c1ccccc1. The smallest absolute Gasteiger partial charge is 0.327 e. The van der Waals surface area contributed by atoms with Gasteiger partial charge in [-0.15, -0.1) is 0 Å². The summed E-state index contributed by atoms with van der Waals surface area (Å²) in [6.07, 6.45) is 1.74. The number of carbonyl (C=O) groups excluding carboxylic acids is 4. The van der Waals surface area contributed by atoms with E-state index in [4.69, 9.17) is 4.74 Å². The fourth-order valence-corrected chi connectivity index (χ4v) is 3.56. The number of hydrogen-bond acceptors (Lipinski definition) is 5. The molecule has 1 aliphatic carbocycles. The third-order valence-electron chi connectivity index (χ3n) is 5.01. The van der Waals surface area contributed by atoms with Gasteiger partial charge >= 0.3 is 12.0 Å². The van der Waals surface area contributed by atoms with E-state index in [1.54, 1.807) is 44.4 Å². The van der Waals surface area contributed by atoms with Gasteiger partial charge < -0.3 is 15.0 Å². The summed E-state index contributed by atoms with van der Waals surface area (Å²) in [5, 5.41) is 2.71. The van der Waals surface area contributed by atoms with E-state index in [1.165, 1.54) is 4.90 Å². The maximum Gasteiger partial charge on any atom is 0.327 e. The molecule has 8 heteroatoms. The maximum absolute atomic E-state index is 12.6. The largest absolute Gasteiger partial charge is 0.446 e. The lowest BCUT2D eigenvalue weighted by molar-refractivity contribution is -0.161. The molecule has 1 saturated heterocycles. The van der Waals surface area contributed by atoms with Gasteiger partial charge in [0.15, 0.2) is 0 Å². The van der Waals surface area contributed by atoms with Gasteiger partial charge in [0, 0.05) is 19.7 Å². The first kappa shape index (κ1) is 18.9. The third kappa shape index (κ3) is 3.65. The Morgan fingerprint density at radius 3 is 2.41 bits per heavy atom. The molecule has 0 bridgehead atoms. The van der Waals surface area contributed by atoms with Gasteiger partial charge in [0.25, 0.3) is 11.8 Å². The van der Waals surface area contributed by atoms with Gasteiger partial charge in [-0.2, -0.15) is 0 Å². The number of likely N-dealkylation sites (N-methyl/N-ethyl adjacent to an activating group) is 1. The van der Waals surface area contributed by atoms with Crippen LogP contribution in [0.25, 0.3) is 0 Å². The Bertz CT molecular complexity index is 756. The molecule has 1 aromatic carbocycles. The number of nitrogens with zero attached hydrogens (tertiary/aromatic N) is 2. The van der Waals surface area contributed by atoms with Crippen LogP contribution in [0.3, 0.4) is 0 Å². The van der Waals surface area contributed by atoms with E-state index in [0.29, 0.717) is 18.4 Å². The summed E-state index contributed by atoms with van der Waals surface area (Å²) in [4.78, 5) is 51.9. The molecule has 27 heavy (non-hydrogen) atoms. The van der Waals surface area contributed by atoms with E-state index in [-0.39, 0.29) is 0 Å². The number of hydrogen-bond donors (Lipinski definition) is 1. The van der Waals surface area contributed by atoms with Crippen LogP contribution in [0.5, 0.6) is 0 Å². The van der Waals surface area contributed by atoms with Crippen molar-refractivity contribution in [3.05, 3.63) is 35.9 Å². The van der Waals surface area contributed by atoms with E-state index in [2.05, 4.69) is 5.32 Å². The van der Waals surface area contributed by atoms with E-state index < -0.39 is 42.0 Å². The molecule has 1 spiro atoms. The number of esters is 1. The molecule has 1 aromatic rings. The monoisotopic (exact) mass is 373 g/mol. The lowest BCUT2D eigenvalue weighted by atomic mass is 9.98. The minimum absolute atomic E-state index is 0.392. The van der Waals surface area contributed by atoms with Crippen LogP contribution >= 0.6 is 0 Å². The number of amides is 4. The number of benzene rings is 1. The Kier molecular flexibility index (Phi) is 5.16. The predicted octanol–water partition coefficient (Wildman–Crippen LogP) is 1.22. The second kappa shape index (κ2) is 7.38. The van der Waals surface area contributed by atoms with E-state index in [9.17, 15) is 19.2 Å². The molecule has 1 saturated carbocycles. The van der Waals surface area contributed by atoms with Crippen molar-refractivity contribution in [2.45, 2.75) is 37.3 Å². The molecular formula is C19H23N3O5. The summed E-state index contributed by atoms with van der Waals surface area (Å²) < 4.78 is 5.37. The Labute approximate surface area is 157 Å². The summed E-state index contributed by atoms with van der Waals surface area (Å²) in [6.45, 7) is -0.517. The van der Waals surface area contributed by atoms with Gasteiger partial charge in [0.2, 0.25) is 6.10 Å². The van der Waals surface area contributed by atoms with Crippen LogP contribution < -0.4 is 5.32 Å². The number of nitrogens with one attached hydrogen (secondary N) is 1. The van der Waals surface area contributed by atoms with E-state index in [0.717, 1.165) is 17.7 Å². The van der Waals surface area contributed by atoms with Crippen LogP contribution in [0.2, 0.25) is 0 Å². The van der Waals surface area contributed by atoms with Gasteiger partial charge in [-0.25, -0.2) is 4.79 Å². The Hall–Kier alpha value is -2.90. The molecule has 1 atom stereocenters. The molecule has 1 aliphatic heterocycles. The van der Waals surface area contributed by atoms with E-state index in [1.807, 2.05) is 0 Å². The van der Waals surface area contributed by atoms with Crippen LogP contribution in [0.4, 0.5) is 4.79 Å². The van der Waals surface area contributed by atoms with Gasteiger partial charge in [-0.3, -0.25) is 19.3 Å². The van der Waals surface area contributed by atoms with Crippen molar-refractivity contribution in [2.24, 2.45) is 0 Å². The molecule has 4 amide bonds. The summed E-state index contributed by atoms with van der Waals surface area (Å²) in [7, 11) is 3.13. The van der Waals surface area contributed by atoms with E-state index >= 15 is 0 Å². The maximum atomic E-state index is 12.6. The quantitative estimate of drug-likeness (QED) is 0.618. The molecule has 0 radical (unpaired) electrons. The molecule has 0 aromatic heterocycles. The number of rotatable bonds is 5. The Morgan fingerprint density at radius 2 is 1.81 bits per heavy atom. The second-order valence-corrected chi connectivity index (χ2v) is 7.12. The second-order valence-electron chi connectivity index (χ2n) is 7.12. The highest BCUT2D eigenvalue weighted by Gasteiger charge is 2.53. The van der Waals surface area contributed by atoms with Crippen LogP contribution in [0.1, 0.15) is 37.4 Å². The Morgan fingerprint density at radius 1 is 1.19 bits per heavy atom.